The average Bonchev–Trinajstić information content (AvgIpc) is 2.56. The fraction of sp³-hybridized carbons (Fsp3) is 0.368. The van der Waals surface area contributed by atoms with E-state index in [1.807, 2.05) is 43.3 Å². The van der Waals surface area contributed by atoms with Gasteiger partial charge in [-0.25, -0.2) is 0 Å². The molecule has 5 heteroatoms. The summed E-state index contributed by atoms with van der Waals surface area (Å²) in [5.41, 5.74) is 2.10. The Balaban J connectivity index is 2.13. The van der Waals surface area contributed by atoms with Crippen molar-refractivity contribution in [1.82, 2.24) is 5.32 Å². The number of rotatable bonds is 9. The predicted molar refractivity (Wildman–Crippen MR) is 100 cm³/mol. The molecular weight excluding hydrogens is 345 g/mol. The Morgan fingerprint density at radius 1 is 0.958 bits per heavy atom. The average molecular weight is 368 g/mol. The summed E-state index contributed by atoms with van der Waals surface area (Å²) in [5, 5.41) is 4.63. The highest BCUT2D eigenvalue weighted by atomic mass is 35.5. The van der Waals surface area contributed by atoms with Gasteiger partial charge in [0.25, 0.3) is 0 Å². The minimum Gasteiger partial charge on any atom is -0.490 e. The minimum atomic E-state index is 0.407. The third-order valence-corrected chi connectivity index (χ3v) is 3.95. The van der Waals surface area contributed by atoms with E-state index in [0.717, 1.165) is 30.6 Å². The van der Waals surface area contributed by atoms with Crippen molar-refractivity contribution in [3.05, 3.63) is 57.6 Å². The van der Waals surface area contributed by atoms with Crippen LogP contribution in [0.1, 0.15) is 31.4 Å². The number of hydrogen-bond acceptors (Lipinski definition) is 3. The first kappa shape index (κ1) is 18.9. The van der Waals surface area contributed by atoms with Gasteiger partial charge >= 0.3 is 0 Å². The largest absolute Gasteiger partial charge is 0.490 e. The van der Waals surface area contributed by atoms with Crippen molar-refractivity contribution in [3.8, 4) is 11.5 Å². The summed E-state index contributed by atoms with van der Waals surface area (Å²) in [6.45, 7) is 6.77. The van der Waals surface area contributed by atoms with E-state index in [2.05, 4.69) is 12.2 Å². The van der Waals surface area contributed by atoms with Crippen molar-refractivity contribution in [2.24, 2.45) is 0 Å². The van der Waals surface area contributed by atoms with E-state index in [1.165, 1.54) is 0 Å². The van der Waals surface area contributed by atoms with Crippen LogP contribution >= 0.6 is 23.2 Å². The van der Waals surface area contributed by atoms with Crippen LogP contribution in [0.3, 0.4) is 0 Å². The first-order chi connectivity index (χ1) is 11.6. The molecule has 2 aromatic rings. The second-order valence-corrected chi connectivity index (χ2v) is 6.27. The van der Waals surface area contributed by atoms with Gasteiger partial charge in [0.1, 0.15) is 6.61 Å². The maximum atomic E-state index is 6.42. The molecule has 0 aliphatic carbocycles. The fourth-order valence-corrected chi connectivity index (χ4v) is 2.69. The molecule has 0 bridgehead atoms. The van der Waals surface area contributed by atoms with Gasteiger partial charge in [0.2, 0.25) is 0 Å². The van der Waals surface area contributed by atoms with Crippen LogP contribution in [-0.2, 0) is 13.2 Å². The third-order valence-electron chi connectivity index (χ3n) is 3.42. The van der Waals surface area contributed by atoms with Crippen LogP contribution in [0.5, 0.6) is 11.5 Å². The first-order valence-corrected chi connectivity index (χ1v) is 8.92. The number of ether oxygens (including phenoxy) is 2. The first-order valence-electron chi connectivity index (χ1n) is 8.17. The van der Waals surface area contributed by atoms with Gasteiger partial charge in [-0.05, 0) is 55.3 Å². The van der Waals surface area contributed by atoms with E-state index in [-0.39, 0.29) is 0 Å². The standard InChI is InChI=1S/C19H23Cl2NO2/c1-3-9-22-12-15-10-17(21)19(18(11-15)23-4-2)24-13-14-5-7-16(20)8-6-14/h5-8,10-11,22H,3-4,9,12-13H2,1-2H3. The zero-order valence-electron chi connectivity index (χ0n) is 14.1. The van der Waals surface area contributed by atoms with Gasteiger partial charge in [-0.2, -0.15) is 0 Å². The molecule has 2 rings (SSSR count). The monoisotopic (exact) mass is 367 g/mol. The van der Waals surface area contributed by atoms with Crippen LogP contribution in [0.2, 0.25) is 10.0 Å². The molecule has 130 valence electrons. The van der Waals surface area contributed by atoms with Crippen LogP contribution in [0.25, 0.3) is 0 Å². The molecule has 0 heterocycles. The molecule has 0 radical (unpaired) electrons. The molecule has 0 aliphatic rings. The van der Waals surface area contributed by atoms with Gasteiger partial charge in [-0.15, -0.1) is 0 Å². The molecule has 0 atom stereocenters. The van der Waals surface area contributed by atoms with Crippen molar-refractivity contribution in [2.45, 2.75) is 33.4 Å². The van der Waals surface area contributed by atoms with Crippen molar-refractivity contribution in [1.29, 1.82) is 0 Å². The van der Waals surface area contributed by atoms with E-state index >= 15 is 0 Å². The number of hydrogen-bond donors (Lipinski definition) is 1. The molecule has 0 spiro atoms. The lowest BCUT2D eigenvalue weighted by Crippen LogP contribution is -2.14. The summed E-state index contributed by atoms with van der Waals surface area (Å²) in [6, 6.07) is 11.4. The van der Waals surface area contributed by atoms with E-state index in [4.69, 9.17) is 32.7 Å². The van der Waals surface area contributed by atoms with Crippen LogP contribution in [0.4, 0.5) is 0 Å². The zero-order valence-corrected chi connectivity index (χ0v) is 15.6. The van der Waals surface area contributed by atoms with Gasteiger partial charge < -0.3 is 14.8 Å². The lowest BCUT2D eigenvalue weighted by Gasteiger charge is -2.15. The third kappa shape index (κ3) is 5.59. The van der Waals surface area contributed by atoms with E-state index < -0.39 is 0 Å². The molecule has 0 aromatic heterocycles. The molecule has 0 unspecified atom stereocenters. The molecule has 0 saturated heterocycles. The molecule has 1 N–H and O–H groups in total. The Labute approximate surface area is 153 Å². The topological polar surface area (TPSA) is 30.5 Å². The number of benzene rings is 2. The Bertz CT molecular complexity index is 645. The van der Waals surface area contributed by atoms with Gasteiger partial charge in [-0.1, -0.05) is 42.3 Å². The molecule has 0 aliphatic heterocycles. The molecule has 2 aromatic carbocycles. The second-order valence-electron chi connectivity index (χ2n) is 5.43. The molecule has 3 nitrogen and oxygen atoms in total. The van der Waals surface area contributed by atoms with Crippen molar-refractivity contribution in [2.75, 3.05) is 13.2 Å². The summed E-state index contributed by atoms with van der Waals surface area (Å²) in [6.07, 6.45) is 1.09. The molecular formula is C19H23Cl2NO2. The quantitative estimate of drug-likeness (QED) is 0.596. The highest BCUT2D eigenvalue weighted by Crippen LogP contribution is 2.37. The van der Waals surface area contributed by atoms with Crippen LogP contribution in [-0.4, -0.2) is 13.2 Å². The Hall–Kier alpha value is -1.42. The lowest BCUT2D eigenvalue weighted by molar-refractivity contribution is 0.269. The van der Waals surface area contributed by atoms with Gasteiger partial charge in [0.15, 0.2) is 11.5 Å². The Morgan fingerprint density at radius 3 is 2.38 bits per heavy atom. The molecule has 0 amide bonds. The lowest BCUT2D eigenvalue weighted by atomic mass is 10.2. The molecule has 24 heavy (non-hydrogen) atoms. The van der Waals surface area contributed by atoms with Gasteiger partial charge in [0, 0.05) is 11.6 Å². The normalized spacial score (nSPS) is 10.7. The highest BCUT2D eigenvalue weighted by molar-refractivity contribution is 6.32. The van der Waals surface area contributed by atoms with E-state index in [1.54, 1.807) is 0 Å². The minimum absolute atomic E-state index is 0.407. The smallest absolute Gasteiger partial charge is 0.180 e. The maximum Gasteiger partial charge on any atom is 0.180 e. The molecule has 0 fully saturated rings. The summed E-state index contributed by atoms with van der Waals surface area (Å²) in [5.74, 6) is 1.25. The zero-order chi connectivity index (χ0) is 17.4. The van der Waals surface area contributed by atoms with Crippen molar-refractivity contribution >= 4 is 23.2 Å². The van der Waals surface area contributed by atoms with Crippen molar-refractivity contribution < 1.29 is 9.47 Å². The SMILES string of the molecule is CCCNCc1cc(Cl)c(OCc2ccc(Cl)cc2)c(OCC)c1. The maximum absolute atomic E-state index is 6.42. The highest BCUT2D eigenvalue weighted by Gasteiger charge is 2.13. The summed E-state index contributed by atoms with van der Waals surface area (Å²) >= 11 is 12.3. The van der Waals surface area contributed by atoms with Crippen LogP contribution < -0.4 is 14.8 Å². The predicted octanol–water partition coefficient (Wildman–Crippen LogP) is 5.47. The van der Waals surface area contributed by atoms with E-state index in [9.17, 15) is 0 Å². The van der Waals surface area contributed by atoms with Crippen LogP contribution in [0.15, 0.2) is 36.4 Å². The van der Waals surface area contributed by atoms with Gasteiger partial charge in [-0.3, -0.25) is 0 Å². The summed E-state index contributed by atoms with van der Waals surface area (Å²) in [4.78, 5) is 0. The summed E-state index contributed by atoms with van der Waals surface area (Å²) in [7, 11) is 0. The Kier molecular flexibility index (Phi) is 7.70. The van der Waals surface area contributed by atoms with Crippen LogP contribution in [0, 0.1) is 0 Å². The molecule has 0 saturated carbocycles. The fourth-order valence-electron chi connectivity index (χ4n) is 2.27. The Morgan fingerprint density at radius 2 is 1.71 bits per heavy atom. The number of halogens is 2. The van der Waals surface area contributed by atoms with E-state index in [0.29, 0.717) is 34.8 Å². The second kappa shape index (κ2) is 9.77. The number of nitrogens with one attached hydrogen (secondary N) is 1. The van der Waals surface area contributed by atoms with Gasteiger partial charge in [0.05, 0.1) is 11.6 Å². The summed E-state index contributed by atoms with van der Waals surface area (Å²) < 4.78 is 11.6. The van der Waals surface area contributed by atoms with Crippen molar-refractivity contribution in [3.63, 3.8) is 0 Å².